The van der Waals surface area contributed by atoms with E-state index in [1.165, 1.54) is 12.3 Å². The van der Waals surface area contributed by atoms with E-state index in [-0.39, 0.29) is 30.6 Å². The molecule has 118 valence electrons. The van der Waals surface area contributed by atoms with Crippen LogP contribution in [0.2, 0.25) is 5.02 Å². The number of hydrogen-bond donors (Lipinski definition) is 2. The number of halogens is 1. The second-order valence-corrected chi connectivity index (χ2v) is 5.92. The molecule has 0 bridgehead atoms. The van der Waals surface area contributed by atoms with Crippen molar-refractivity contribution in [1.82, 2.24) is 10.3 Å². The zero-order valence-corrected chi connectivity index (χ0v) is 13.6. The molecule has 1 aromatic rings. The summed E-state index contributed by atoms with van der Waals surface area (Å²) in [4.78, 5) is 16.3. The Morgan fingerprint density at radius 3 is 2.57 bits per heavy atom. The number of ether oxygens (including phenoxy) is 1. The number of amides is 1. The normalized spacial score (nSPS) is 12.6. The topological polar surface area (TPSA) is 71.5 Å². The van der Waals surface area contributed by atoms with Crippen LogP contribution in [0.4, 0.5) is 0 Å². The molecule has 0 aromatic carbocycles. The fourth-order valence-electron chi connectivity index (χ4n) is 1.82. The Balaban J connectivity index is 2.81. The lowest BCUT2D eigenvalue weighted by Gasteiger charge is -2.21. The van der Waals surface area contributed by atoms with E-state index in [0.29, 0.717) is 22.9 Å². The molecule has 0 radical (unpaired) electrons. The number of carbonyl (C=O) groups excluding carboxylic acids is 1. The predicted octanol–water partition coefficient (Wildman–Crippen LogP) is 2.66. The average molecular weight is 315 g/mol. The van der Waals surface area contributed by atoms with Crippen LogP contribution in [0.15, 0.2) is 12.3 Å². The summed E-state index contributed by atoms with van der Waals surface area (Å²) in [7, 11) is 0. The van der Waals surface area contributed by atoms with E-state index in [4.69, 9.17) is 21.4 Å². The first kappa shape index (κ1) is 17.7. The third-order valence-electron chi connectivity index (χ3n) is 2.98. The minimum absolute atomic E-state index is 0.0311. The van der Waals surface area contributed by atoms with Crippen molar-refractivity contribution in [3.8, 4) is 5.88 Å². The largest absolute Gasteiger partial charge is 0.474 e. The van der Waals surface area contributed by atoms with Gasteiger partial charge in [0.05, 0.1) is 11.7 Å². The molecule has 0 saturated heterocycles. The number of aromatic nitrogens is 1. The molecule has 1 aromatic heterocycles. The van der Waals surface area contributed by atoms with Gasteiger partial charge in [0, 0.05) is 18.8 Å². The molecule has 5 nitrogen and oxygen atoms in total. The van der Waals surface area contributed by atoms with Crippen LogP contribution in [-0.4, -0.2) is 34.8 Å². The first-order valence-corrected chi connectivity index (χ1v) is 7.46. The zero-order chi connectivity index (χ0) is 16.0. The van der Waals surface area contributed by atoms with Crippen LogP contribution >= 0.6 is 11.6 Å². The molecule has 1 rings (SSSR count). The molecule has 1 amide bonds. The fraction of sp³-hybridized carbons (Fsp3) is 0.600. The highest BCUT2D eigenvalue weighted by Gasteiger charge is 2.18. The number of pyridine rings is 1. The maximum absolute atomic E-state index is 12.2. The molecule has 1 heterocycles. The lowest BCUT2D eigenvalue weighted by atomic mass is 10.0. The molecular formula is C15H23ClN2O3. The highest BCUT2D eigenvalue weighted by molar-refractivity contribution is 6.32. The van der Waals surface area contributed by atoms with Gasteiger partial charge < -0.3 is 15.2 Å². The van der Waals surface area contributed by atoms with Crippen molar-refractivity contribution in [2.24, 2.45) is 5.92 Å². The van der Waals surface area contributed by atoms with Gasteiger partial charge in [-0.05, 0) is 32.3 Å². The molecule has 2 N–H and O–H groups in total. The van der Waals surface area contributed by atoms with E-state index in [2.05, 4.69) is 10.3 Å². The molecule has 0 aliphatic heterocycles. The van der Waals surface area contributed by atoms with Crippen LogP contribution in [0.3, 0.4) is 0 Å². The van der Waals surface area contributed by atoms with Gasteiger partial charge >= 0.3 is 0 Å². The van der Waals surface area contributed by atoms with Crippen molar-refractivity contribution in [2.75, 3.05) is 6.61 Å². The van der Waals surface area contributed by atoms with Crippen molar-refractivity contribution in [3.63, 3.8) is 0 Å². The van der Waals surface area contributed by atoms with Gasteiger partial charge in [0.1, 0.15) is 5.02 Å². The van der Waals surface area contributed by atoms with Gasteiger partial charge in [-0.1, -0.05) is 25.4 Å². The second kappa shape index (κ2) is 8.20. The highest BCUT2D eigenvalue weighted by Crippen LogP contribution is 2.23. The quantitative estimate of drug-likeness (QED) is 0.811. The minimum atomic E-state index is -0.257. The van der Waals surface area contributed by atoms with E-state index in [9.17, 15) is 4.79 Å². The van der Waals surface area contributed by atoms with Gasteiger partial charge in [0.2, 0.25) is 5.88 Å². The molecule has 21 heavy (non-hydrogen) atoms. The van der Waals surface area contributed by atoms with E-state index in [1.807, 2.05) is 27.7 Å². The molecule has 6 heteroatoms. The average Bonchev–Trinajstić information content (AvgIpc) is 2.39. The van der Waals surface area contributed by atoms with E-state index in [0.717, 1.165) is 0 Å². The first-order valence-electron chi connectivity index (χ1n) is 7.09. The number of aliphatic hydroxyl groups is 1. The summed E-state index contributed by atoms with van der Waals surface area (Å²) in [5.41, 5.74) is 0.375. The third-order valence-corrected chi connectivity index (χ3v) is 3.25. The first-order chi connectivity index (χ1) is 9.85. The standard InChI is InChI=1S/C15H23ClN2O3/c1-9(2)13(5-6-19)18-14(20)11-7-12(16)15(17-8-11)21-10(3)4/h7-10,13,19H,5-6H2,1-4H3,(H,18,20). The van der Waals surface area contributed by atoms with Crippen LogP contribution in [-0.2, 0) is 0 Å². The summed E-state index contributed by atoms with van der Waals surface area (Å²) in [6.45, 7) is 7.77. The SMILES string of the molecule is CC(C)Oc1ncc(C(=O)NC(CCO)C(C)C)cc1Cl. The van der Waals surface area contributed by atoms with Crippen molar-refractivity contribution < 1.29 is 14.6 Å². The van der Waals surface area contributed by atoms with Crippen LogP contribution in [0, 0.1) is 5.92 Å². The number of rotatable bonds is 7. The number of aliphatic hydroxyl groups excluding tert-OH is 1. The summed E-state index contributed by atoms with van der Waals surface area (Å²) in [6, 6.07) is 1.45. The van der Waals surface area contributed by atoms with Gasteiger partial charge in [-0.3, -0.25) is 4.79 Å². The maximum atomic E-state index is 12.2. The maximum Gasteiger partial charge on any atom is 0.253 e. The smallest absolute Gasteiger partial charge is 0.253 e. The monoisotopic (exact) mass is 314 g/mol. The predicted molar refractivity (Wildman–Crippen MR) is 82.8 cm³/mol. The van der Waals surface area contributed by atoms with Gasteiger partial charge in [-0.15, -0.1) is 0 Å². The Morgan fingerprint density at radius 1 is 1.43 bits per heavy atom. The number of carbonyl (C=O) groups is 1. The summed E-state index contributed by atoms with van der Waals surface area (Å²) in [6.07, 6.45) is 1.92. The van der Waals surface area contributed by atoms with Crippen LogP contribution < -0.4 is 10.1 Å². The van der Waals surface area contributed by atoms with E-state index in [1.54, 1.807) is 0 Å². The third kappa shape index (κ3) is 5.52. The van der Waals surface area contributed by atoms with E-state index >= 15 is 0 Å². The molecule has 0 aliphatic carbocycles. The summed E-state index contributed by atoms with van der Waals surface area (Å²) in [5.74, 6) is 0.291. The zero-order valence-electron chi connectivity index (χ0n) is 12.9. The Morgan fingerprint density at radius 2 is 2.10 bits per heavy atom. The Labute approximate surface area is 130 Å². The van der Waals surface area contributed by atoms with Crippen molar-refractivity contribution in [1.29, 1.82) is 0 Å². The van der Waals surface area contributed by atoms with Gasteiger partial charge in [0.15, 0.2) is 0 Å². The van der Waals surface area contributed by atoms with Crippen molar-refractivity contribution >= 4 is 17.5 Å². The van der Waals surface area contributed by atoms with Crippen LogP contribution in [0.25, 0.3) is 0 Å². The van der Waals surface area contributed by atoms with Gasteiger partial charge in [-0.25, -0.2) is 4.98 Å². The molecule has 0 saturated carbocycles. The van der Waals surface area contributed by atoms with Crippen LogP contribution in [0.5, 0.6) is 5.88 Å². The fourth-order valence-corrected chi connectivity index (χ4v) is 2.03. The lowest BCUT2D eigenvalue weighted by Crippen LogP contribution is -2.39. The molecule has 1 unspecified atom stereocenters. The molecule has 0 spiro atoms. The minimum Gasteiger partial charge on any atom is -0.474 e. The Bertz CT molecular complexity index is 478. The van der Waals surface area contributed by atoms with E-state index < -0.39 is 0 Å². The molecule has 1 atom stereocenters. The number of nitrogens with zero attached hydrogens (tertiary/aromatic N) is 1. The van der Waals surface area contributed by atoms with Crippen LogP contribution in [0.1, 0.15) is 44.5 Å². The number of hydrogen-bond acceptors (Lipinski definition) is 4. The molecule has 0 fully saturated rings. The molecular weight excluding hydrogens is 292 g/mol. The summed E-state index contributed by atoms with van der Waals surface area (Å²) < 4.78 is 5.43. The van der Waals surface area contributed by atoms with Gasteiger partial charge in [-0.2, -0.15) is 0 Å². The lowest BCUT2D eigenvalue weighted by molar-refractivity contribution is 0.0916. The Hall–Kier alpha value is -1.33. The Kier molecular flexibility index (Phi) is 6.92. The number of nitrogens with one attached hydrogen (secondary N) is 1. The van der Waals surface area contributed by atoms with Crippen molar-refractivity contribution in [2.45, 2.75) is 46.3 Å². The second-order valence-electron chi connectivity index (χ2n) is 5.51. The van der Waals surface area contributed by atoms with Crippen molar-refractivity contribution in [3.05, 3.63) is 22.8 Å². The summed E-state index contributed by atoms with van der Waals surface area (Å²) >= 11 is 6.07. The summed E-state index contributed by atoms with van der Waals surface area (Å²) in [5, 5.41) is 12.2. The van der Waals surface area contributed by atoms with Gasteiger partial charge in [0.25, 0.3) is 5.91 Å². The highest BCUT2D eigenvalue weighted by atomic mass is 35.5. The molecule has 0 aliphatic rings.